The first-order chi connectivity index (χ1) is 9.54. The van der Waals surface area contributed by atoms with Gasteiger partial charge >= 0.3 is 6.03 Å². The zero-order valence-corrected chi connectivity index (χ0v) is 12.0. The molecule has 0 fully saturated rings. The molecular formula is C14H12ClN3OS. The molecule has 2 aromatic carbocycles. The Labute approximate surface area is 126 Å². The maximum absolute atomic E-state index is 11.8. The van der Waals surface area contributed by atoms with Crippen LogP contribution in [0.1, 0.15) is 5.56 Å². The van der Waals surface area contributed by atoms with Gasteiger partial charge in [0.2, 0.25) is 0 Å². The van der Waals surface area contributed by atoms with E-state index in [4.69, 9.17) is 29.6 Å². The van der Waals surface area contributed by atoms with E-state index in [1.165, 1.54) is 0 Å². The lowest BCUT2D eigenvalue weighted by Gasteiger charge is -2.08. The first-order valence-electron chi connectivity index (χ1n) is 5.78. The number of thiocarbonyl (C=S) groups is 1. The number of hydrogen-bond donors (Lipinski definition) is 3. The molecule has 0 unspecified atom stereocenters. The second-order valence-corrected chi connectivity index (χ2v) is 4.90. The Balaban J connectivity index is 1.97. The van der Waals surface area contributed by atoms with Gasteiger partial charge in [0, 0.05) is 22.0 Å². The van der Waals surface area contributed by atoms with E-state index in [2.05, 4.69) is 10.6 Å². The molecule has 0 aliphatic rings. The third kappa shape index (κ3) is 3.94. The Morgan fingerprint density at radius 1 is 0.950 bits per heavy atom. The molecule has 0 saturated carbocycles. The van der Waals surface area contributed by atoms with Crippen molar-refractivity contribution in [3.8, 4) is 0 Å². The molecule has 0 radical (unpaired) electrons. The zero-order valence-electron chi connectivity index (χ0n) is 10.4. The van der Waals surface area contributed by atoms with E-state index in [1.807, 2.05) is 0 Å². The molecule has 4 nitrogen and oxygen atoms in total. The quantitative estimate of drug-likeness (QED) is 0.759. The molecule has 0 aliphatic carbocycles. The summed E-state index contributed by atoms with van der Waals surface area (Å²) >= 11 is 10.6. The number of benzene rings is 2. The fraction of sp³-hybridized carbons (Fsp3) is 0. The van der Waals surface area contributed by atoms with Crippen molar-refractivity contribution in [2.45, 2.75) is 0 Å². The highest BCUT2D eigenvalue weighted by Crippen LogP contribution is 2.14. The summed E-state index contributed by atoms with van der Waals surface area (Å²) in [5.74, 6) is 0. The Morgan fingerprint density at radius 3 is 1.85 bits per heavy atom. The van der Waals surface area contributed by atoms with Crippen LogP contribution in [0, 0.1) is 0 Å². The lowest BCUT2D eigenvalue weighted by atomic mass is 10.2. The highest BCUT2D eigenvalue weighted by Gasteiger charge is 2.03. The highest BCUT2D eigenvalue weighted by molar-refractivity contribution is 7.80. The summed E-state index contributed by atoms with van der Waals surface area (Å²) in [4.78, 5) is 12.1. The molecule has 4 N–H and O–H groups in total. The summed E-state index contributed by atoms with van der Waals surface area (Å²) < 4.78 is 0. The predicted molar refractivity (Wildman–Crippen MR) is 86.4 cm³/mol. The van der Waals surface area contributed by atoms with E-state index in [1.54, 1.807) is 48.5 Å². The minimum Gasteiger partial charge on any atom is -0.389 e. The molecule has 0 spiro atoms. The summed E-state index contributed by atoms with van der Waals surface area (Å²) in [6, 6.07) is 13.5. The lowest BCUT2D eigenvalue weighted by Crippen LogP contribution is -2.19. The number of nitrogens with one attached hydrogen (secondary N) is 2. The number of anilines is 2. The van der Waals surface area contributed by atoms with Gasteiger partial charge in [-0.3, -0.25) is 0 Å². The minimum atomic E-state index is -0.338. The van der Waals surface area contributed by atoms with Crippen molar-refractivity contribution in [3.63, 3.8) is 0 Å². The van der Waals surface area contributed by atoms with Gasteiger partial charge in [0.1, 0.15) is 4.99 Å². The molecular weight excluding hydrogens is 294 g/mol. The number of halogens is 1. The Morgan fingerprint density at radius 2 is 1.40 bits per heavy atom. The lowest BCUT2D eigenvalue weighted by molar-refractivity contribution is 0.262. The van der Waals surface area contributed by atoms with Crippen molar-refractivity contribution in [2.24, 2.45) is 5.73 Å². The smallest absolute Gasteiger partial charge is 0.323 e. The summed E-state index contributed by atoms with van der Waals surface area (Å²) in [6.45, 7) is 0. The molecule has 0 heterocycles. The fourth-order valence-electron chi connectivity index (χ4n) is 1.54. The molecule has 20 heavy (non-hydrogen) atoms. The van der Waals surface area contributed by atoms with E-state index in [0.717, 1.165) is 5.56 Å². The van der Waals surface area contributed by atoms with Crippen LogP contribution in [0.3, 0.4) is 0 Å². The van der Waals surface area contributed by atoms with Gasteiger partial charge in [-0.2, -0.15) is 0 Å². The van der Waals surface area contributed by atoms with Crippen LogP contribution in [-0.2, 0) is 0 Å². The summed E-state index contributed by atoms with van der Waals surface area (Å²) in [7, 11) is 0. The topological polar surface area (TPSA) is 67.1 Å². The van der Waals surface area contributed by atoms with Crippen LogP contribution in [0.25, 0.3) is 0 Å². The van der Waals surface area contributed by atoms with Crippen molar-refractivity contribution in [1.82, 2.24) is 0 Å². The molecule has 2 rings (SSSR count). The van der Waals surface area contributed by atoms with Crippen LogP contribution < -0.4 is 16.4 Å². The molecule has 0 atom stereocenters. The van der Waals surface area contributed by atoms with Gasteiger partial charge in [-0.1, -0.05) is 23.8 Å². The van der Waals surface area contributed by atoms with Crippen molar-refractivity contribution >= 4 is 46.2 Å². The zero-order chi connectivity index (χ0) is 14.5. The summed E-state index contributed by atoms with van der Waals surface area (Å²) in [6.07, 6.45) is 0. The summed E-state index contributed by atoms with van der Waals surface area (Å²) in [5, 5.41) is 6.01. The number of amides is 2. The first kappa shape index (κ1) is 14.3. The first-order valence-corrected chi connectivity index (χ1v) is 6.56. The maximum Gasteiger partial charge on any atom is 0.323 e. The van der Waals surface area contributed by atoms with Crippen LogP contribution in [0.5, 0.6) is 0 Å². The van der Waals surface area contributed by atoms with Gasteiger partial charge in [-0.25, -0.2) is 4.79 Å². The average Bonchev–Trinajstić information content (AvgIpc) is 2.42. The number of urea groups is 1. The van der Waals surface area contributed by atoms with E-state index in [9.17, 15) is 4.79 Å². The molecule has 102 valence electrons. The van der Waals surface area contributed by atoms with Crippen LogP contribution in [0.4, 0.5) is 16.2 Å². The van der Waals surface area contributed by atoms with Crippen molar-refractivity contribution in [1.29, 1.82) is 0 Å². The van der Waals surface area contributed by atoms with Gasteiger partial charge in [-0.05, 0) is 48.5 Å². The van der Waals surface area contributed by atoms with E-state index < -0.39 is 0 Å². The molecule has 2 aromatic rings. The number of carbonyl (C=O) groups excluding carboxylic acids is 1. The number of rotatable bonds is 3. The monoisotopic (exact) mass is 305 g/mol. The van der Waals surface area contributed by atoms with Crippen LogP contribution in [0.2, 0.25) is 5.02 Å². The van der Waals surface area contributed by atoms with Crippen molar-refractivity contribution in [2.75, 3.05) is 10.6 Å². The molecule has 2 amide bonds. The number of hydrogen-bond acceptors (Lipinski definition) is 2. The minimum absolute atomic E-state index is 0.321. The molecule has 0 aliphatic heterocycles. The van der Waals surface area contributed by atoms with Crippen molar-refractivity contribution < 1.29 is 4.79 Å². The predicted octanol–water partition coefficient (Wildman–Crippen LogP) is 3.62. The van der Waals surface area contributed by atoms with Crippen LogP contribution in [-0.4, -0.2) is 11.0 Å². The Bertz CT molecular complexity index is 626. The third-order valence-corrected chi connectivity index (χ3v) is 3.02. The number of carbonyl (C=O) groups is 1. The fourth-order valence-corrected chi connectivity index (χ4v) is 1.81. The van der Waals surface area contributed by atoms with Crippen LogP contribution >= 0.6 is 23.8 Å². The summed E-state index contributed by atoms with van der Waals surface area (Å²) in [5.41, 5.74) is 7.56. The standard InChI is InChI=1S/C14H12ClN3OS/c15-10-3-7-12(8-4-10)18-14(19)17-11-5-1-9(2-6-11)13(16)20/h1-8H,(H2,16,20)(H2,17,18,19). The van der Waals surface area contributed by atoms with Gasteiger partial charge in [0.05, 0.1) is 0 Å². The number of nitrogens with two attached hydrogens (primary N) is 1. The molecule has 0 bridgehead atoms. The van der Waals surface area contributed by atoms with E-state index >= 15 is 0 Å². The van der Waals surface area contributed by atoms with Gasteiger partial charge in [0.15, 0.2) is 0 Å². The third-order valence-electron chi connectivity index (χ3n) is 2.53. The van der Waals surface area contributed by atoms with Gasteiger partial charge < -0.3 is 16.4 Å². The second-order valence-electron chi connectivity index (χ2n) is 4.03. The van der Waals surface area contributed by atoms with Gasteiger partial charge in [0.25, 0.3) is 0 Å². The highest BCUT2D eigenvalue weighted by atomic mass is 35.5. The van der Waals surface area contributed by atoms with Crippen LogP contribution in [0.15, 0.2) is 48.5 Å². The second kappa shape index (κ2) is 6.36. The van der Waals surface area contributed by atoms with Gasteiger partial charge in [-0.15, -0.1) is 0 Å². The average molecular weight is 306 g/mol. The maximum atomic E-state index is 11.8. The Hall–Kier alpha value is -2.11. The van der Waals surface area contributed by atoms with E-state index in [-0.39, 0.29) is 6.03 Å². The molecule has 0 aromatic heterocycles. The van der Waals surface area contributed by atoms with E-state index in [0.29, 0.717) is 21.4 Å². The molecule has 6 heteroatoms. The normalized spacial score (nSPS) is 9.85. The largest absolute Gasteiger partial charge is 0.389 e. The van der Waals surface area contributed by atoms with Crippen molar-refractivity contribution in [3.05, 3.63) is 59.1 Å². The SMILES string of the molecule is NC(=S)c1ccc(NC(=O)Nc2ccc(Cl)cc2)cc1. The Kier molecular flexibility index (Phi) is 4.55. The molecule has 0 saturated heterocycles.